The average molecular weight is 336 g/mol. The monoisotopic (exact) mass is 336 g/mol. The van der Waals surface area contributed by atoms with Crippen molar-refractivity contribution in [3.05, 3.63) is 58.9 Å². The van der Waals surface area contributed by atoms with Gasteiger partial charge < -0.3 is 10.6 Å². The zero-order chi connectivity index (χ0) is 17.3. The first kappa shape index (κ1) is 16.3. The molecule has 0 bridgehead atoms. The van der Waals surface area contributed by atoms with E-state index in [1.807, 2.05) is 38.1 Å². The number of benzene rings is 2. The van der Waals surface area contributed by atoms with E-state index in [9.17, 15) is 0 Å². The van der Waals surface area contributed by atoms with Crippen molar-refractivity contribution in [2.45, 2.75) is 27.7 Å². The van der Waals surface area contributed by atoms with Gasteiger partial charge in [-0.15, -0.1) is 0 Å². The normalized spacial score (nSPS) is 10.7. The SMILES string of the molecule is Cc1ccc(NC(=S)Nc2ccc3nc(C)c(C)nc3c2)cc1C. The Balaban J connectivity index is 1.77. The summed E-state index contributed by atoms with van der Waals surface area (Å²) >= 11 is 5.41. The quantitative estimate of drug-likeness (QED) is 0.666. The van der Waals surface area contributed by atoms with Crippen molar-refractivity contribution in [1.82, 2.24) is 9.97 Å². The Morgan fingerprint density at radius 1 is 0.750 bits per heavy atom. The molecule has 4 nitrogen and oxygen atoms in total. The standard InChI is InChI=1S/C19H20N4S/c1-11-5-6-15(9-12(11)2)22-19(24)23-16-7-8-17-18(10-16)21-14(4)13(3)20-17/h5-10H,1-4H3,(H2,22,23,24). The van der Waals surface area contributed by atoms with Crippen LogP contribution in [0.25, 0.3) is 11.0 Å². The smallest absolute Gasteiger partial charge is 0.175 e. The molecule has 0 saturated carbocycles. The van der Waals surface area contributed by atoms with Crippen molar-refractivity contribution in [1.29, 1.82) is 0 Å². The Hall–Kier alpha value is -2.53. The summed E-state index contributed by atoms with van der Waals surface area (Å²) in [5.74, 6) is 0. The predicted molar refractivity (Wildman–Crippen MR) is 105 cm³/mol. The predicted octanol–water partition coefficient (Wildman–Crippen LogP) is 4.67. The Bertz CT molecular complexity index is 934. The van der Waals surface area contributed by atoms with Crippen LogP contribution in [0, 0.1) is 27.7 Å². The molecule has 5 heteroatoms. The summed E-state index contributed by atoms with van der Waals surface area (Å²) in [7, 11) is 0. The van der Waals surface area contributed by atoms with E-state index >= 15 is 0 Å². The van der Waals surface area contributed by atoms with Gasteiger partial charge in [0.15, 0.2) is 5.11 Å². The summed E-state index contributed by atoms with van der Waals surface area (Å²) < 4.78 is 0. The van der Waals surface area contributed by atoms with Crippen LogP contribution in [-0.2, 0) is 0 Å². The number of nitrogens with one attached hydrogen (secondary N) is 2. The third kappa shape index (κ3) is 3.51. The molecule has 3 aromatic rings. The van der Waals surface area contributed by atoms with Crippen molar-refractivity contribution in [2.24, 2.45) is 0 Å². The summed E-state index contributed by atoms with van der Waals surface area (Å²) in [6, 6.07) is 12.1. The van der Waals surface area contributed by atoms with Crippen molar-refractivity contribution in [3.8, 4) is 0 Å². The zero-order valence-corrected chi connectivity index (χ0v) is 15.1. The zero-order valence-electron chi connectivity index (χ0n) is 14.3. The van der Waals surface area contributed by atoms with E-state index in [0.29, 0.717) is 5.11 Å². The van der Waals surface area contributed by atoms with Gasteiger partial charge >= 0.3 is 0 Å². The molecule has 3 rings (SSSR count). The lowest BCUT2D eigenvalue weighted by Gasteiger charge is -2.12. The fraction of sp³-hybridized carbons (Fsp3) is 0.211. The molecule has 0 spiro atoms. The first-order chi connectivity index (χ1) is 11.4. The highest BCUT2D eigenvalue weighted by atomic mass is 32.1. The highest BCUT2D eigenvalue weighted by Gasteiger charge is 2.05. The van der Waals surface area contributed by atoms with Crippen LogP contribution in [0.4, 0.5) is 11.4 Å². The molecular formula is C19H20N4S. The van der Waals surface area contributed by atoms with E-state index in [2.05, 4.69) is 46.6 Å². The van der Waals surface area contributed by atoms with E-state index < -0.39 is 0 Å². The molecule has 0 saturated heterocycles. The summed E-state index contributed by atoms with van der Waals surface area (Å²) in [4.78, 5) is 9.12. The minimum atomic E-state index is 0.550. The summed E-state index contributed by atoms with van der Waals surface area (Å²) in [6.07, 6.45) is 0. The van der Waals surface area contributed by atoms with Crippen LogP contribution in [0.5, 0.6) is 0 Å². The van der Waals surface area contributed by atoms with Gasteiger partial charge in [0, 0.05) is 11.4 Å². The van der Waals surface area contributed by atoms with E-state index in [1.54, 1.807) is 0 Å². The number of anilines is 2. The molecule has 0 radical (unpaired) electrons. The number of hydrogen-bond acceptors (Lipinski definition) is 3. The van der Waals surface area contributed by atoms with Crippen LogP contribution in [0.15, 0.2) is 36.4 Å². The van der Waals surface area contributed by atoms with Gasteiger partial charge in [-0.3, -0.25) is 0 Å². The maximum atomic E-state index is 5.41. The van der Waals surface area contributed by atoms with Gasteiger partial charge in [-0.2, -0.15) is 0 Å². The van der Waals surface area contributed by atoms with Crippen LogP contribution in [-0.4, -0.2) is 15.1 Å². The summed E-state index contributed by atoms with van der Waals surface area (Å²) in [6.45, 7) is 8.11. The summed E-state index contributed by atoms with van der Waals surface area (Å²) in [5.41, 5.74) is 8.00. The van der Waals surface area contributed by atoms with Crippen LogP contribution in [0.1, 0.15) is 22.5 Å². The van der Waals surface area contributed by atoms with Crippen molar-refractivity contribution in [3.63, 3.8) is 0 Å². The molecule has 24 heavy (non-hydrogen) atoms. The first-order valence-electron chi connectivity index (χ1n) is 7.82. The molecule has 0 atom stereocenters. The lowest BCUT2D eigenvalue weighted by atomic mass is 10.1. The maximum absolute atomic E-state index is 5.41. The molecule has 0 unspecified atom stereocenters. The average Bonchev–Trinajstić information content (AvgIpc) is 2.52. The number of hydrogen-bond donors (Lipinski definition) is 2. The highest BCUT2D eigenvalue weighted by molar-refractivity contribution is 7.80. The summed E-state index contributed by atoms with van der Waals surface area (Å²) in [5, 5.41) is 6.96. The highest BCUT2D eigenvalue weighted by Crippen LogP contribution is 2.19. The van der Waals surface area contributed by atoms with Gasteiger partial charge in [-0.1, -0.05) is 6.07 Å². The minimum Gasteiger partial charge on any atom is -0.332 e. The second kappa shape index (κ2) is 6.53. The maximum Gasteiger partial charge on any atom is 0.175 e. The van der Waals surface area contributed by atoms with Crippen LogP contribution in [0.3, 0.4) is 0 Å². The Labute approximate surface area is 147 Å². The molecule has 0 fully saturated rings. The number of aryl methyl sites for hydroxylation is 4. The number of nitrogens with zero attached hydrogens (tertiary/aromatic N) is 2. The minimum absolute atomic E-state index is 0.550. The first-order valence-corrected chi connectivity index (χ1v) is 8.23. The van der Waals surface area contributed by atoms with E-state index in [0.717, 1.165) is 33.8 Å². The molecule has 122 valence electrons. The number of fused-ring (bicyclic) bond motifs is 1. The van der Waals surface area contributed by atoms with Gasteiger partial charge in [0.25, 0.3) is 0 Å². The van der Waals surface area contributed by atoms with Crippen LogP contribution >= 0.6 is 12.2 Å². The third-order valence-electron chi connectivity index (χ3n) is 4.10. The van der Waals surface area contributed by atoms with E-state index in [1.165, 1.54) is 11.1 Å². The molecule has 0 aliphatic rings. The fourth-order valence-corrected chi connectivity index (χ4v) is 2.66. The fourth-order valence-electron chi connectivity index (χ4n) is 2.42. The van der Waals surface area contributed by atoms with Crippen molar-refractivity contribution < 1.29 is 0 Å². The molecule has 0 aliphatic carbocycles. The second-order valence-corrected chi connectivity index (χ2v) is 6.38. The van der Waals surface area contributed by atoms with Gasteiger partial charge in [0.05, 0.1) is 22.4 Å². The molecule has 1 heterocycles. The third-order valence-corrected chi connectivity index (χ3v) is 4.30. The molecule has 2 aromatic carbocycles. The second-order valence-electron chi connectivity index (χ2n) is 5.98. The van der Waals surface area contributed by atoms with E-state index in [4.69, 9.17) is 12.2 Å². The largest absolute Gasteiger partial charge is 0.332 e. The molecule has 2 N–H and O–H groups in total. The van der Waals surface area contributed by atoms with Crippen molar-refractivity contribution in [2.75, 3.05) is 10.6 Å². The Morgan fingerprint density at radius 2 is 1.33 bits per heavy atom. The van der Waals surface area contributed by atoms with Gasteiger partial charge in [-0.25, -0.2) is 9.97 Å². The van der Waals surface area contributed by atoms with Crippen molar-refractivity contribution >= 4 is 39.7 Å². The van der Waals surface area contributed by atoms with Gasteiger partial charge in [0.2, 0.25) is 0 Å². The number of thiocarbonyl (C=S) groups is 1. The van der Waals surface area contributed by atoms with Gasteiger partial charge in [-0.05, 0) is 81.4 Å². The molecular weight excluding hydrogens is 316 g/mol. The van der Waals surface area contributed by atoms with E-state index in [-0.39, 0.29) is 0 Å². The van der Waals surface area contributed by atoms with Crippen LogP contribution < -0.4 is 10.6 Å². The topological polar surface area (TPSA) is 49.8 Å². The lowest BCUT2D eigenvalue weighted by molar-refractivity contribution is 1.10. The Kier molecular flexibility index (Phi) is 4.44. The van der Waals surface area contributed by atoms with Crippen LogP contribution in [0.2, 0.25) is 0 Å². The number of rotatable bonds is 2. The molecule has 1 aromatic heterocycles. The van der Waals surface area contributed by atoms with Gasteiger partial charge in [0.1, 0.15) is 0 Å². The number of aromatic nitrogens is 2. The molecule has 0 aliphatic heterocycles. The Morgan fingerprint density at radius 3 is 2.00 bits per heavy atom. The molecule has 0 amide bonds. The lowest BCUT2D eigenvalue weighted by Crippen LogP contribution is -2.19.